The summed E-state index contributed by atoms with van der Waals surface area (Å²) in [5.74, 6) is -0.709. The van der Waals surface area contributed by atoms with Gasteiger partial charge in [0.1, 0.15) is 12.4 Å². The number of rotatable bonds is 5. The fraction of sp³-hybridized carbons (Fsp3) is 0.0714. The summed E-state index contributed by atoms with van der Waals surface area (Å²) in [6.07, 6.45) is 0. The largest absolute Gasteiger partial charge is 0.489 e. The van der Waals surface area contributed by atoms with Gasteiger partial charge in [-0.05, 0) is 36.4 Å². The second kappa shape index (κ2) is 6.23. The summed E-state index contributed by atoms with van der Waals surface area (Å²) in [6, 6.07) is 10.2. The van der Waals surface area contributed by atoms with Gasteiger partial charge in [-0.3, -0.25) is 10.1 Å². The summed E-state index contributed by atoms with van der Waals surface area (Å²) < 4.78 is 5.43. The molecule has 0 aliphatic carbocycles. The Balaban J connectivity index is 2.21. The lowest BCUT2D eigenvalue weighted by Crippen LogP contribution is -2.04. The van der Waals surface area contributed by atoms with Gasteiger partial charge in [0.05, 0.1) is 16.1 Å². The van der Waals surface area contributed by atoms with E-state index in [4.69, 9.17) is 21.4 Å². The Morgan fingerprint density at radius 1 is 1.24 bits per heavy atom. The molecule has 2 rings (SSSR count). The van der Waals surface area contributed by atoms with Crippen LogP contribution in [0.3, 0.4) is 0 Å². The van der Waals surface area contributed by atoms with Crippen LogP contribution in [0.25, 0.3) is 0 Å². The average Bonchev–Trinajstić information content (AvgIpc) is 2.46. The maximum Gasteiger partial charge on any atom is 0.335 e. The molecular weight excluding hydrogens is 298 g/mol. The number of ether oxygens (including phenoxy) is 1. The number of nitro groups is 1. The highest BCUT2D eigenvalue weighted by Crippen LogP contribution is 2.23. The molecule has 0 bridgehead atoms. The SMILES string of the molecule is O=C(O)c1ccc(COc2ccc(Cl)cc2)c([N+](=O)[O-])c1. The lowest BCUT2D eigenvalue weighted by atomic mass is 10.1. The van der Waals surface area contributed by atoms with Gasteiger partial charge in [0.2, 0.25) is 0 Å². The van der Waals surface area contributed by atoms with Crippen LogP contribution in [-0.4, -0.2) is 16.0 Å². The van der Waals surface area contributed by atoms with E-state index in [-0.39, 0.29) is 17.9 Å². The molecule has 0 radical (unpaired) electrons. The van der Waals surface area contributed by atoms with Crippen molar-refractivity contribution in [3.8, 4) is 5.75 Å². The van der Waals surface area contributed by atoms with E-state index in [1.54, 1.807) is 24.3 Å². The van der Waals surface area contributed by atoms with Gasteiger partial charge in [-0.15, -0.1) is 0 Å². The van der Waals surface area contributed by atoms with Gasteiger partial charge in [0.15, 0.2) is 0 Å². The smallest absolute Gasteiger partial charge is 0.335 e. The van der Waals surface area contributed by atoms with Crippen molar-refractivity contribution in [2.24, 2.45) is 0 Å². The number of nitrogens with zero attached hydrogens (tertiary/aromatic N) is 1. The van der Waals surface area contributed by atoms with Crippen molar-refractivity contribution in [3.63, 3.8) is 0 Å². The van der Waals surface area contributed by atoms with Gasteiger partial charge >= 0.3 is 5.97 Å². The monoisotopic (exact) mass is 307 g/mol. The summed E-state index contributed by atoms with van der Waals surface area (Å²) in [5, 5.41) is 20.4. The number of carboxylic acid groups (broad SMARTS) is 1. The van der Waals surface area contributed by atoms with Crippen molar-refractivity contribution in [3.05, 3.63) is 68.7 Å². The molecule has 6 nitrogen and oxygen atoms in total. The quantitative estimate of drug-likeness (QED) is 0.674. The lowest BCUT2D eigenvalue weighted by Gasteiger charge is -2.07. The summed E-state index contributed by atoms with van der Waals surface area (Å²) in [5.41, 5.74) is -0.138. The van der Waals surface area contributed by atoms with E-state index < -0.39 is 10.9 Å². The van der Waals surface area contributed by atoms with Gasteiger partial charge < -0.3 is 9.84 Å². The molecule has 1 N–H and O–H groups in total. The zero-order chi connectivity index (χ0) is 15.4. The molecule has 0 aliphatic rings. The third-order valence-electron chi connectivity index (χ3n) is 2.74. The highest BCUT2D eigenvalue weighted by molar-refractivity contribution is 6.30. The number of benzene rings is 2. The molecule has 0 spiro atoms. The van der Waals surface area contributed by atoms with E-state index in [1.165, 1.54) is 12.1 Å². The maximum atomic E-state index is 11.0. The molecule has 0 aliphatic heterocycles. The molecule has 2 aromatic carbocycles. The Hall–Kier alpha value is -2.60. The van der Waals surface area contributed by atoms with Crippen LogP contribution in [0.4, 0.5) is 5.69 Å². The molecular formula is C14H10ClNO5. The molecule has 7 heteroatoms. The first-order valence-electron chi connectivity index (χ1n) is 5.86. The number of hydrogen-bond donors (Lipinski definition) is 1. The third-order valence-corrected chi connectivity index (χ3v) is 2.99. The first-order valence-corrected chi connectivity index (χ1v) is 6.24. The minimum atomic E-state index is -1.22. The van der Waals surface area contributed by atoms with Gasteiger partial charge in [-0.2, -0.15) is 0 Å². The Morgan fingerprint density at radius 2 is 1.90 bits per heavy atom. The molecule has 2 aromatic rings. The lowest BCUT2D eigenvalue weighted by molar-refractivity contribution is -0.385. The Bertz CT molecular complexity index is 684. The molecule has 0 aromatic heterocycles. The average molecular weight is 308 g/mol. The van der Waals surface area contributed by atoms with Gasteiger partial charge in [0, 0.05) is 11.1 Å². The number of carboxylic acids is 1. The summed E-state index contributed by atoms with van der Waals surface area (Å²) in [7, 11) is 0. The summed E-state index contributed by atoms with van der Waals surface area (Å²) in [4.78, 5) is 21.2. The van der Waals surface area contributed by atoms with Crippen molar-refractivity contribution in [1.29, 1.82) is 0 Å². The molecule has 0 saturated heterocycles. The molecule has 0 heterocycles. The zero-order valence-corrected chi connectivity index (χ0v) is 11.4. The fourth-order valence-corrected chi connectivity index (χ4v) is 1.81. The molecule has 108 valence electrons. The third kappa shape index (κ3) is 3.70. The van der Waals surface area contributed by atoms with Crippen LogP contribution in [0.1, 0.15) is 15.9 Å². The summed E-state index contributed by atoms with van der Waals surface area (Å²) in [6.45, 7) is -0.0438. The first-order chi connectivity index (χ1) is 9.97. The fourth-order valence-electron chi connectivity index (χ4n) is 1.68. The van der Waals surface area contributed by atoms with Crippen molar-refractivity contribution in [2.45, 2.75) is 6.61 Å². The molecule has 21 heavy (non-hydrogen) atoms. The van der Waals surface area contributed by atoms with Crippen molar-refractivity contribution in [1.82, 2.24) is 0 Å². The zero-order valence-electron chi connectivity index (χ0n) is 10.7. The molecule has 0 atom stereocenters. The second-order valence-corrected chi connectivity index (χ2v) is 4.58. The first kappa shape index (κ1) is 14.8. The van der Waals surface area contributed by atoms with Crippen LogP contribution in [0.5, 0.6) is 5.75 Å². The number of hydrogen-bond acceptors (Lipinski definition) is 4. The van der Waals surface area contributed by atoms with Gasteiger partial charge in [-0.25, -0.2) is 4.79 Å². The van der Waals surface area contributed by atoms with E-state index in [9.17, 15) is 14.9 Å². The van der Waals surface area contributed by atoms with Crippen LogP contribution >= 0.6 is 11.6 Å². The van der Waals surface area contributed by atoms with E-state index >= 15 is 0 Å². The maximum absolute atomic E-state index is 11.0. The van der Waals surface area contributed by atoms with Gasteiger partial charge in [-0.1, -0.05) is 11.6 Å². The Kier molecular flexibility index (Phi) is 4.39. The summed E-state index contributed by atoms with van der Waals surface area (Å²) >= 11 is 5.74. The van der Waals surface area contributed by atoms with E-state index in [0.29, 0.717) is 16.3 Å². The van der Waals surface area contributed by atoms with E-state index in [1.807, 2.05) is 0 Å². The van der Waals surface area contributed by atoms with Crippen LogP contribution in [-0.2, 0) is 6.61 Å². The molecule has 0 unspecified atom stereocenters. The van der Waals surface area contributed by atoms with E-state index in [0.717, 1.165) is 6.07 Å². The van der Waals surface area contributed by atoms with E-state index in [2.05, 4.69) is 0 Å². The van der Waals surface area contributed by atoms with Crippen LogP contribution in [0.15, 0.2) is 42.5 Å². The molecule has 0 amide bonds. The second-order valence-electron chi connectivity index (χ2n) is 4.15. The van der Waals surface area contributed by atoms with Crippen molar-refractivity contribution < 1.29 is 19.6 Å². The molecule has 0 saturated carbocycles. The topological polar surface area (TPSA) is 89.7 Å². The van der Waals surface area contributed by atoms with Crippen molar-refractivity contribution in [2.75, 3.05) is 0 Å². The highest BCUT2D eigenvalue weighted by atomic mass is 35.5. The minimum Gasteiger partial charge on any atom is -0.489 e. The van der Waals surface area contributed by atoms with Gasteiger partial charge in [0.25, 0.3) is 5.69 Å². The van der Waals surface area contributed by atoms with Crippen LogP contribution < -0.4 is 4.74 Å². The number of halogens is 1. The standard InChI is InChI=1S/C14H10ClNO5/c15-11-3-5-12(6-4-11)21-8-10-2-1-9(14(17)18)7-13(10)16(19)20/h1-7H,8H2,(H,17,18). The molecule has 0 fully saturated rings. The number of aromatic carboxylic acids is 1. The highest BCUT2D eigenvalue weighted by Gasteiger charge is 2.17. The minimum absolute atomic E-state index is 0.0438. The Morgan fingerprint density at radius 3 is 2.48 bits per heavy atom. The number of nitro benzene ring substituents is 1. The predicted octanol–water partition coefficient (Wildman–Crippen LogP) is 3.53. The normalized spacial score (nSPS) is 10.1. The Labute approximate surface area is 124 Å². The van der Waals surface area contributed by atoms with Crippen molar-refractivity contribution >= 4 is 23.3 Å². The van der Waals surface area contributed by atoms with Crippen LogP contribution in [0, 0.1) is 10.1 Å². The van der Waals surface area contributed by atoms with Crippen LogP contribution in [0.2, 0.25) is 5.02 Å². The number of carbonyl (C=O) groups is 1. The predicted molar refractivity (Wildman–Crippen MR) is 75.8 cm³/mol.